The highest BCUT2D eigenvalue weighted by Crippen LogP contribution is 2.21. The van der Waals surface area contributed by atoms with Crippen molar-refractivity contribution in [3.63, 3.8) is 0 Å². The van der Waals surface area contributed by atoms with Gasteiger partial charge in [0.25, 0.3) is 0 Å². The van der Waals surface area contributed by atoms with E-state index in [2.05, 4.69) is 20.3 Å². The average Bonchev–Trinajstić information content (AvgIpc) is 2.90. The van der Waals surface area contributed by atoms with E-state index >= 15 is 0 Å². The predicted octanol–water partition coefficient (Wildman–Crippen LogP) is 1.25. The van der Waals surface area contributed by atoms with Crippen LogP contribution in [0.3, 0.4) is 0 Å². The highest BCUT2D eigenvalue weighted by Gasteiger charge is 2.15. The summed E-state index contributed by atoms with van der Waals surface area (Å²) in [5, 5.41) is 3.00. The Hall–Kier alpha value is -3.36. The molecule has 0 atom stereocenters. The third-order valence-electron chi connectivity index (χ3n) is 3.87. The van der Waals surface area contributed by atoms with Crippen molar-refractivity contribution in [3.05, 3.63) is 52.2 Å². The number of imidazole rings is 1. The van der Waals surface area contributed by atoms with Crippen molar-refractivity contribution < 1.29 is 9.13 Å². The van der Waals surface area contributed by atoms with Crippen molar-refractivity contribution in [2.45, 2.75) is 6.54 Å². The van der Waals surface area contributed by atoms with Crippen molar-refractivity contribution >= 4 is 22.9 Å². The van der Waals surface area contributed by atoms with Gasteiger partial charge >= 0.3 is 5.69 Å². The second kappa shape index (κ2) is 5.93. The zero-order valence-corrected chi connectivity index (χ0v) is 13.1. The summed E-state index contributed by atoms with van der Waals surface area (Å²) in [5.74, 6) is 0.181. The molecule has 9 heteroatoms. The monoisotopic (exact) mass is 342 g/mol. The third-order valence-corrected chi connectivity index (χ3v) is 3.87. The number of H-pyrrole nitrogens is 1. The summed E-state index contributed by atoms with van der Waals surface area (Å²) in [4.78, 5) is 23.5. The van der Waals surface area contributed by atoms with Gasteiger partial charge in [-0.3, -0.25) is 4.57 Å². The van der Waals surface area contributed by atoms with Gasteiger partial charge < -0.3 is 20.8 Å². The quantitative estimate of drug-likeness (QED) is 0.530. The lowest BCUT2D eigenvalue weighted by atomic mass is 10.2. The Labute approximate surface area is 141 Å². The summed E-state index contributed by atoms with van der Waals surface area (Å²) < 4.78 is 20.7. The van der Waals surface area contributed by atoms with Crippen LogP contribution in [-0.2, 0) is 6.54 Å². The van der Waals surface area contributed by atoms with E-state index in [1.165, 1.54) is 10.6 Å². The van der Waals surface area contributed by atoms with Gasteiger partial charge in [0.15, 0.2) is 23.0 Å². The molecule has 0 aliphatic carbocycles. The largest absolute Gasteiger partial charge is 0.486 e. The minimum atomic E-state index is -0.456. The van der Waals surface area contributed by atoms with E-state index in [0.717, 1.165) is 0 Å². The molecule has 4 N–H and O–H groups in total. The van der Waals surface area contributed by atoms with Crippen LogP contribution in [0.15, 0.2) is 35.1 Å². The van der Waals surface area contributed by atoms with Gasteiger partial charge in [0.2, 0.25) is 5.95 Å². The summed E-state index contributed by atoms with van der Waals surface area (Å²) in [6.45, 7) is 0.853. The molecule has 2 aromatic heterocycles. The molecule has 0 saturated heterocycles. The summed E-state index contributed by atoms with van der Waals surface area (Å²) in [6, 6.07) is 4.49. The molecule has 4 rings (SSSR count). The highest BCUT2D eigenvalue weighted by molar-refractivity contribution is 5.82. The standard InChI is InChI=1S/C16H15FN6O2/c17-10-4-3-9-7-11(10)25-6-2-1-5-19-15-21-13(18)12-14(22-15)23(8-9)16(24)20-12/h1-4,7H,5-6,8H2,(H,20,24)(H3,18,19,21,22)/b2-1+. The Morgan fingerprint density at radius 3 is 3.04 bits per heavy atom. The Balaban J connectivity index is 1.90. The summed E-state index contributed by atoms with van der Waals surface area (Å²) >= 11 is 0. The second-order valence-electron chi connectivity index (χ2n) is 5.58. The van der Waals surface area contributed by atoms with Crippen LogP contribution >= 0.6 is 0 Å². The number of benzene rings is 1. The number of aromatic amines is 1. The smallest absolute Gasteiger partial charge is 0.328 e. The molecule has 1 aliphatic heterocycles. The van der Waals surface area contributed by atoms with Gasteiger partial charge in [0.05, 0.1) is 6.54 Å². The molecule has 4 bridgehead atoms. The Kier molecular flexibility index (Phi) is 3.60. The molecule has 0 amide bonds. The lowest BCUT2D eigenvalue weighted by molar-refractivity contribution is 0.341. The van der Waals surface area contributed by atoms with Crippen molar-refractivity contribution in [1.29, 1.82) is 0 Å². The van der Waals surface area contributed by atoms with Gasteiger partial charge in [-0.05, 0) is 23.8 Å². The van der Waals surface area contributed by atoms with Gasteiger partial charge in [-0.1, -0.05) is 12.1 Å². The molecule has 0 fully saturated rings. The van der Waals surface area contributed by atoms with Crippen molar-refractivity contribution in [3.8, 4) is 5.75 Å². The number of nitrogen functional groups attached to an aromatic ring is 1. The van der Waals surface area contributed by atoms with Crippen LogP contribution in [0.25, 0.3) is 11.2 Å². The first-order chi connectivity index (χ1) is 12.1. The molecule has 0 radical (unpaired) electrons. The van der Waals surface area contributed by atoms with Crippen LogP contribution in [0.2, 0.25) is 0 Å². The minimum Gasteiger partial charge on any atom is -0.486 e. The molecule has 25 heavy (non-hydrogen) atoms. The van der Waals surface area contributed by atoms with Gasteiger partial charge in [-0.15, -0.1) is 0 Å². The van der Waals surface area contributed by atoms with Crippen LogP contribution in [0.4, 0.5) is 16.2 Å². The number of nitrogens with one attached hydrogen (secondary N) is 2. The number of ether oxygens (including phenoxy) is 1. The SMILES string of the molecule is Nc1nc2nc3c1[nH]c(=O)n3Cc1ccc(F)c(c1)OC/C=C/CN2. The molecule has 128 valence electrons. The van der Waals surface area contributed by atoms with E-state index in [4.69, 9.17) is 10.5 Å². The molecule has 1 aliphatic rings. The number of nitrogens with zero attached hydrogens (tertiary/aromatic N) is 3. The maximum atomic E-state index is 13.9. The second-order valence-corrected chi connectivity index (χ2v) is 5.58. The van der Waals surface area contributed by atoms with Crippen LogP contribution in [-0.4, -0.2) is 32.7 Å². The summed E-state index contributed by atoms with van der Waals surface area (Å²) in [6.07, 6.45) is 3.57. The molecular weight excluding hydrogens is 327 g/mol. The van der Waals surface area contributed by atoms with Crippen LogP contribution in [0.1, 0.15) is 5.56 Å². The minimum absolute atomic E-state index is 0.134. The number of fused-ring (bicyclic) bond motifs is 3. The van der Waals surface area contributed by atoms with Gasteiger partial charge in [0.1, 0.15) is 12.1 Å². The predicted molar refractivity (Wildman–Crippen MR) is 91.2 cm³/mol. The molecule has 0 unspecified atom stereocenters. The molecule has 3 heterocycles. The normalized spacial score (nSPS) is 15.4. The fraction of sp³-hybridized carbons (Fsp3) is 0.188. The first kappa shape index (κ1) is 15.2. The van der Waals surface area contributed by atoms with Crippen LogP contribution in [0, 0.1) is 5.82 Å². The van der Waals surface area contributed by atoms with E-state index < -0.39 is 5.82 Å². The number of hydrogen-bond donors (Lipinski definition) is 3. The number of aromatic nitrogens is 4. The molecule has 0 saturated carbocycles. The number of nitrogens with two attached hydrogens (primary N) is 1. The van der Waals surface area contributed by atoms with Gasteiger partial charge in [-0.2, -0.15) is 9.97 Å². The van der Waals surface area contributed by atoms with Gasteiger partial charge in [0, 0.05) is 6.54 Å². The maximum Gasteiger partial charge on any atom is 0.328 e. The zero-order valence-electron chi connectivity index (χ0n) is 13.1. The van der Waals surface area contributed by atoms with Crippen molar-refractivity contribution in [2.75, 3.05) is 24.2 Å². The summed E-state index contributed by atoms with van der Waals surface area (Å²) in [7, 11) is 0. The van der Waals surface area contributed by atoms with Crippen LogP contribution in [0.5, 0.6) is 5.75 Å². The molecule has 1 aromatic carbocycles. The van der Waals surface area contributed by atoms with Gasteiger partial charge in [-0.25, -0.2) is 9.18 Å². The Morgan fingerprint density at radius 1 is 1.28 bits per heavy atom. The van der Waals surface area contributed by atoms with E-state index in [-0.39, 0.29) is 30.4 Å². The maximum absolute atomic E-state index is 13.9. The lowest BCUT2D eigenvalue weighted by Gasteiger charge is -2.10. The van der Waals surface area contributed by atoms with E-state index in [1.807, 2.05) is 6.08 Å². The molecular formula is C16H15FN6O2. The lowest BCUT2D eigenvalue weighted by Crippen LogP contribution is -2.18. The fourth-order valence-corrected chi connectivity index (χ4v) is 2.66. The first-order valence-corrected chi connectivity index (χ1v) is 7.68. The van der Waals surface area contributed by atoms with E-state index in [1.54, 1.807) is 18.2 Å². The topological polar surface area (TPSA) is 111 Å². The highest BCUT2D eigenvalue weighted by atomic mass is 19.1. The number of halogens is 1. The number of hydrogen-bond acceptors (Lipinski definition) is 6. The van der Waals surface area contributed by atoms with E-state index in [9.17, 15) is 9.18 Å². The Bertz CT molecular complexity index is 1040. The number of anilines is 2. The van der Waals surface area contributed by atoms with Crippen LogP contribution < -0.4 is 21.5 Å². The summed E-state index contributed by atoms with van der Waals surface area (Å²) in [5.41, 5.74) is 7.02. The molecule has 0 spiro atoms. The van der Waals surface area contributed by atoms with Crippen molar-refractivity contribution in [1.82, 2.24) is 19.5 Å². The Morgan fingerprint density at radius 2 is 2.16 bits per heavy atom. The zero-order chi connectivity index (χ0) is 17.4. The third kappa shape index (κ3) is 2.80. The average molecular weight is 342 g/mol. The fourth-order valence-electron chi connectivity index (χ4n) is 2.66. The van der Waals surface area contributed by atoms with E-state index in [0.29, 0.717) is 29.2 Å². The molecule has 8 nitrogen and oxygen atoms in total. The first-order valence-electron chi connectivity index (χ1n) is 7.68. The van der Waals surface area contributed by atoms with Crippen molar-refractivity contribution in [2.24, 2.45) is 0 Å². The molecule has 3 aromatic rings. The number of rotatable bonds is 0.